The molecule has 0 bridgehead atoms. The number of benzene rings is 2. The van der Waals surface area contributed by atoms with Crippen LogP contribution < -0.4 is 4.74 Å². The predicted molar refractivity (Wildman–Crippen MR) is 113 cm³/mol. The lowest BCUT2D eigenvalue weighted by molar-refractivity contribution is 0.0733. The highest BCUT2D eigenvalue weighted by molar-refractivity contribution is 5.91. The van der Waals surface area contributed by atoms with Gasteiger partial charge in [-0.1, -0.05) is 18.2 Å². The molecule has 6 heteroatoms. The molecule has 2 aliphatic carbocycles. The summed E-state index contributed by atoms with van der Waals surface area (Å²) >= 11 is 0. The van der Waals surface area contributed by atoms with E-state index in [9.17, 15) is 22.4 Å². The van der Waals surface area contributed by atoms with E-state index in [2.05, 4.69) is 19.1 Å². The molecule has 2 fully saturated rings. The normalized spacial score (nSPS) is 25.5. The van der Waals surface area contributed by atoms with Crippen LogP contribution in [0.1, 0.15) is 67.3 Å². The van der Waals surface area contributed by atoms with Crippen molar-refractivity contribution in [1.82, 2.24) is 0 Å². The van der Waals surface area contributed by atoms with E-state index in [1.165, 1.54) is 18.9 Å². The molecule has 0 aliphatic heterocycles. The van der Waals surface area contributed by atoms with E-state index in [0.717, 1.165) is 31.7 Å². The first-order valence-corrected chi connectivity index (χ1v) is 11.1. The standard InChI is InChI=1S/C26H26F4O2/c1-2-3-15-4-5-17-11-18(7-6-16(17)10-15)21-9-8-19(12-22(21)27)26(31)32-20-13-23(28)25(30)24(29)14-20/h2-3,8-9,12-18H,4-7,10-11H2,1H3/b3-2+. The fourth-order valence-electron chi connectivity index (χ4n) is 5.40. The van der Waals surface area contributed by atoms with Crippen LogP contribution in [-0.4, -0.2) is 5.97 Å². The van der Waals surface area contributed by atoms with Crippen LogP contribution in [-0.2, 0) is 0 Å². The zero-order chi connectivity index (χ0) is 22.8. The van der Waals surface area contributed by atoms with Crippen molar-refractivity contribution in [2.24, 2.45) is 17.8 Å². The molecule has 0 aromatic heterocycles. The van der Waals surface area contributed by atoms with Crippen molar-refractivity contribution in [3.05, 3.63) is 76.9 Å². The molecule has 4 atom stereocenters. The van der Waals surface area contributed by atoms with E-state index >= 15 is 0 Å². The van der Waals surface area contributed by atoms with Crippen molar-refractivity contribution in [2.75, 3.05) is 0 Å². The number of hydrogen-bond acceptors (Lipinski definition) is 2. The molecular formula is C26H26F4O2. The minimum atomic E-state index is -1.65. The Balaban J connectivity index is 1.43. The summed E-state index contributed by atoms with van der Waals surface area (Å²) in [5, 5.41) is 0. The van der Waals surface area contributed by atoms with Crippen molar-refractivity contribution >= 4 is 5.97 Å². The van der Waals surface area contributed by atoms with Gasteiger partial charge in [0.1, 0.15) is 11.6 Å². The molecule has 0 saturated heterocycles. The van der Waals surface area contributed by atoms with E-state index in [1.807, 2.05) is 0 Å². The van der Waals surface area contributed by atoms with Crippen LogP contribution in [0.5, 0.6) is 5.75 Å². The van der Waals surface area contributed by atoms with Gasteiger partial charge in [0, 0.05) is 12.1 Å². The van der Waals surface area contributed by atoms with Gasteiger partial charge in [0.15, 0.2) is 17.5 Å². The lowest BCUT2D eigenvalue weighted by Gasteiger charge is -2.41. The number of carbonyl (C=O) groups excluding carboxylic acids is 1. The van der Waals surface area contributed by atoms with Gasteiger partial charge in [0.25, 0.3) is 0 Å². The quantitative estimate of drug-likeness (QED) is 0.161. The van der Waals surface area contributed by atoms with Crippen LogP contribution in [0.3, 0.4) is 0 Å². The third kappa shape index (κ3) is 4.74. The molecular weight excluding hydrogens is 420 g/mol. The highest BCUT2D eigenvalue weighted by Gasteiger charge is 2.36. The Morgan fingerprint density at radius 1 is 0.906 bits per heavy atom. The Bertz CT molecular complexity index is 1010. The van der Waals surface area contributed by atoms with Crippen LogP contribution in [0.2, 0.25) is 0 Å². The second-order valence-corrected chi connectivity index (χ2v) is 8.96. The van der Waals surface area contributed by atoms with Gasteiger partial charge >= 0.3 is 5.97 Å². The molecule has 4 rings (SSSR count). The maximum atomic E-state index is 14.9. The summed E-state index contributed by atoms with van der Waals surface area (Å²) < 4.78 is 59.5. The number of halogens is 4. The Labute approximate surface area is 185 Å². The summed E-state index contributed by atoms with van der Waals surface area (Å²) in [6.45, 7) is 2.06. The third-order valence-corrected chi connectivity index (χ3v) is 6.96. The average Bonchev–Trinajstić information content (AvgIpc) is 2.77. The summed E-state index contributed by atoms with van der Waals surface area (Å²) in [6, 6.07) is 5.32. The first-order valence-electron chi connectivity index (χ1n) is 11.1. The van der Waals surface area contributed by atoms with Gasteiger partial charge in [-0.25, -0.2) is 22.4 Å². The molecule has 2 saturated carbocycles. The van der Waals surface area contributed by atoms with Crippen molar-refractivity contribution in [2.45, 2.75) is 51.4 Å². The predicted octanol–water partition coefficient (Wildman–Crippen LogP) is 7.34. The summed E-state index contributed by atoms with van der Waals surface area (Å²) in [5.41, 5.74) is 0.520. The lowest BCUT2D eigenvalue weighted by atomic mass is 9.64. The van der Waals surface area contributed by atoms with Gasteiger partial charge in [-0.3, -0.25) is 0 Å². The largest absolute Gasteiger partial charge is 0.423 e. The maximum Gasteiger partial charge on any atom is 0.343 e. The van der Waals surface area contributed by atoms with Gasteiger partial charge in [0.05, 0.1) is 5.56 Å². The second kappa shape index (κ2) is 9.47. The van der Waals surface area contributed by atoms with Gasteiger partial charge in [-0.2, -0.15) is 0 Å². The summed E-state index contributed by atoms with van der Waals surface area (Å²) in [5.74, 6) is -4.46. The molecule has 2 aliphatic rings. The highest BCUT2D eigenvalue weighted by atomic mass is 19.2. The van der Waals surface area contributed by atoms with Crippen molar-refractivity contribution in [3.63, 3.8) is 0 Å². The van der Waals surface area contributed by atoms with E-state index in [0.29, 0.717) is 35.4 Å². The van der Waals surface area contributed by atoms with Gasteiger partial charge in [0.2, 0.25) is 0 Å². The zero-order valence-electron chi connectivity index (χ0n) is 17.9. The van der Waals surface area contributed by atoms with Crippen LogP contribution in [0.15, 0.2) is 42.5 Å². The van der Waals surface area contributed by atoms with Crippen molar-refractivity contribution < 1.29 is 27.1 Å². The van der Waals surface area contributed by atoms with Crippen LogP contribution in [0, 0.1) is 41.0 Å². The molecule has 0 radical (unpaired) electrons. The summed E-state index contributed by atoms with van der Waals surface area (Å²) in [7, 11) is 0. The number of hydrogen-bond donors (Lipinski definition) is 0. The Hall–Kier alpha value is -2.63. The van der Waals surface area contributed by atoms with E-state index < -0.39 is 35.0 Å². The van der Waals surface area contributed by atoms with Gasteiger partial charge in [-0.15, -0.1) is 0 Å². The average molecular weight is 446 g/mol. The van der Waals surface area contributed by atoms with Crippen molar-refractivity contribution in [1.29, 1.82) is 0 Å². The molecule has 2 aromatic rings. The monoisotopic (exact) mass is 446 g/mol. The molecule has 0 amide bonds. The molecule has 2 nitrogen and oxygen atoms in total. The first-order chi connectivity index (χ1) is 15.4. The Morgan fingerprint density at radius 2 is 1.59 bits per heavy atom. The van der Waals surface area contributed by atoms with Gasteiger partial charge < -0.3 is 4.74 Å². The number of rotatable bonds is 4. The molecule has 0 N–H and O–H groups in total. The maximum absolute atomic E-state index is 14.9. The van der Waals surface area contributed by atoms with Crippen LogP contribution >= 0.6 is 0 Å². The number of esters is 1. The number of allylic oxidation sites excluding steroid dienone is 2. The SMILES string of the molecule is C/C=C/C1CCC2CC(c3ccc(C(=O)Oc4cc(F)c(F)c(F)c4)cc3F)CCC2C1. The van der Waals surface area contributed by atoms with Crippen LogP contribution in [0.4, 0.5) is 17.6 Å². The molecule has 32 heavy (non-hydrogen) atoms. The third-order valence-electron chi connectivity index (χ3n) is 6.96. The topological polar surface area (TPSA) is 26.3 Å². The van der Waals surface area contributed by atoms with E-state index in [1.54, 1.807) is 6.07 Å². The fraction of sp³-hybridized carbons (Fsp3) is 0.423. The molecule has 2 aromatic carbocycles. The summed E-state index contributed by atoms with van der Waals surface area (Å²) in [4.78, 5) is 12.3. The van der Waals surface area contributed by atoms with Crippen LogP contribution in [0.25, 0.3) is 0 Å². The molecule has 4 unspecified atom stereocenters. The van der Waals surface area contributed by atoms with Gasteiger partial charge in [-0.05, 0) is 86.8 Å². The molecule has 0 spiro atoms. The minimum absolute atomic E-state index is 0.0723. The smallest absolute Gasteiger partial charge is 0.343 e. The van der Waals surface area contributed by atoms with E-state index in [-0.39, 0.29) is 11.5 Å². The number of carbonyl (C=O) groups is 1. The Morgan fingerprint density at radius 3 is 2.28 bits per heavy atom. The second-order valence-electron chi connectivity index (χ2n) is 8.96. The fourth-order valence-corrected chi connectivity index (χ4v) is 5.40. The van der Waals surface area contributed by atoms with E-state index in [4.69, 9.17) is 4.74 Å². The number of ether oxygens (including phenoxy) is 1. The highest BCUT2D eigenvalue weighted by Crippen LogP contribution is 2.48. The number of fused-ring (bicyclic) bond motifs is 1. The molecule has 0 heterocycles. The zero-order valence-corrected chi connectivity index (χ0v) is 17.9. The first kappa shape index (κ1) is 22.6. The van der Waals surface area contributed by atoms with Crippen molar-refractivity contribution in [3.8, 4) is 5.75 Å². The minimum Gasteiger partial charge on any atom is -0.423 e. The lowest BCUT2D eigenvalue weighted by Crippen LogP contribution is -2.30. The Kier molecular flexibility index (Phi) is 6.68. The molecule has 170 valence electrons. The summed E-state index contributed by atoms with van der Waals surface area (Å²) in [6.07, 6.45) is 10.9.